The lowest BCUT2D eigenvalue weighted by atomic mass is 10.1. The average Bonchev–Trinajstić information content (AvgIpc) is 3.00. The Morgan fingerprint density at radius 2 is 2.16 bits per heavy atom. The Kier molecular flexibility index (Phi) is 3.33. The van der Waals surface area contributed by atoms with Crippen LogP contribution in [0, 0.1) is 0 Å². The summed E-state index contributed by atoms with van der Waals surface area (Å²) in [4.78, 5) is 0. The van der Waals surface area contributed by atoms with E-state index in [1.807, 2.05) is 6.07 Å². The van der Waals surface area contributed by atoms with Gasteiger partial charge in [0.05, 0.1) is 0 Å². The molecule has 0 radical (unpaired) electrons. The van der Waals surface area contributed by atoms with Gasteiger partial charge in [0, 0.05) is 18.0 Å². The molecule has 1 aromatic carbocycles. The molecule has 0 saturated heterocycles. The van der Waals surface area contributed by atoms with Gasteiger partial charge in [0.2, 0.25) is 0 Å². The smallest absolute Gasteiger partial charge is 0.137 e. The molecular weight excluding hydrogens is 238 g/mol. The monoisotopic (exact) mass is 259 g/mol. The van der Waals surface area contributed by atoms with Gasteiger partial charge < -0.3 is 14.8 Å². The van der Waals surface area contributed by atoms with E-state index in [1.165, 1.54) is 17.5 Å². The maximum Gasteiger partial charge on any atom is 0.137 e. The minimum atomic E-state index is -0.577. The van der Waals surface area contributed by atoms with Crippen molar-refractivity contribution in [2.24, 2.45) is 0 Å². The van der Waals surface area contributed by atoms with Gasteiger partial charge in [-0.05, 0) is 36.5 Å². The Labute approximate surface area is 113 Å². The van der Waals surface area contributed by atoms with Crippen molar-refractivity contribution in [3.8, 4) is 0 Å². The maximum atomic E-state index is 10.2. The number of hydrogen-bond acceptors (Lipinski definition) is 3. The maximum absolute atomic E-state index is 10.2. The van der Waals surface area contributed by atoms with E-state index in [0.29, 0.717) is 18.3 Å². The summed E-state index contributed by atoms with van der Waals surface area (Å²) in [6.45, 7) is 4.66. The molecule has 2 N–H and O–H groups in total. The van der Waals surface area contributed by atoms with Crippen molar-refractivity contribution >= 4 is 11.0 Å². The van der Waals surface area contributed by atoms with Crippen LogP contribution in [-0.4, -0.2) is 17.7 Å². The van der Waals surface area contributed by atoms with E-state index in [4.69, 9.17) is 4.42 Å². The molecule has 1 aromatic heterocycles. The first-order valence-corrected chi connectivity index (χ1v) is 7.11. The normalized spacial score (nSPS) is 16.2. The number of aliphatic hydroxyl groups excluding tert-OH is 1. The first-order chi connectivity index (χ1) is 9.15. The molecule has 0 spiro atoms. The van der Waals surface area contributed by atoms with E-state index in [-0.39, 0.29) is 0 Å². The summed E-state index contributed by atoms with van der Waals surface area (Å²) in [5.74, 6) is 0.670. The van der Waals surface area contributed by atoms with Crippen molar-refractivity contribution in [1.82, 2.24) is 5.32 Å². The number of hydrogen-bond donors (Lipinski definition) is 2. The molecule has 1 heterocycles. The third-order valence-electron chi connectivity index (χ3n) is 3.83. The van der Waals surface area contributed by atoms with Crippen LogP contribution in [0.4, 0.5) is 0 Å². The molecule has 0 fully saturated rings. The molecule has 1 aliphatic carbocycles. The summed E-state index contributed by atoms with van der Waals surface area (Å²) in [6, 6.07) is 6.64. The average molecular weight is 259 g/mol. The predicted octanol–water partition coefficient (Wildman–Crippen LogP) is 2.95. The highest BCUT2D eigenvalue weighted by molar-refractivity contribution is 5.83. The van der Waals surface area contributed by atoms with Gasteiger partial charge in [-0.15, -0.1) is 0 Å². The van der Waals surface area contributed by atoms with E-state index in [2.05, 4.69) is 31.3 Å². The van der Waals surface area contributed by atoms with E-state index in [1.54, 1.807) is 0 Å². The van der Waals surface area contributed by atoms with E-state index in [9.17, 15) is 5.11 Å². The number of fused-ring (bicyclic) bond motifs is 3. The zero-order valence-electron chi connectivity index (χ0n) is 11.6. The molecule has 0 aliphatic heterocycles. The molecule has 1 atom stereocenters. The quantitative estimate of drug-likeness (QED) is 0.887. The van der Waals surface area contributed by atoms with Crippen LogP contribution in [0.3, 0.4) is 0 Å². The number of rotatable bonds is 4. The highest BCUT2D eigenvalue weighted by Crippen LogP contribution is 2.33. The van der Waals surface area contributed by atoms with E-state index >= 15 is 0 Å². The Morgan fingerprint density at radius 3 is 2.95 bits per heavy atom. The van der Waals surface area contributed by atoms with Gasteiger partial charge in [-0.25, -0.2) is 0 Å². The third kappa shape index (κ3) is 2.40. The van der Waals surface area contributed by atoms with Crippen LogP contribution in [0.1, 0.15) is 43.3 Å². The van der Waals surface area contributed by atoms with Crippen LogP contribution in [-0.2, 0) is 12.8 Å². The van der Waals surface area contributed by atoms with Crippen molar-refractivity contribution < 1.29 is 9.52 Å². The summed E-state index contributed by atoms with van der Waals surface area (Å²) < 4.78 is 5.91. The van der Waals surface area contributed by atoms with Gasteiger partial charge in [0.15, 0.2) is 0 Å². The van der Waals surface area contributed by atoms with Crippen molar-refractivity contribution in [3.63, 3.8) is 0 Å². The summed E-state index contributed by atoms with van der Waals surface area (Å²) in [5.41, 5.74) is 3.73. The van der Waals surface area contributed by atoms with Gasteiger partial charge in [0.25, 0.3) is 0 Å². The molecular formula is C16H21NO2. The highest BCUT2D eigenvalue weighted by Gasteiger charge is 2.19. The molecule has 0 saturated carbocycles. The minimum absolute atomic E-state index is 0.364. The van der Waals surface area contributed by atoms with Gasteiger partial charge in [-0.1, -0.05) is 26.0 Å². The fourth-order valence-corrected chi connectivity index (χ4v) is 2.80. The molecule has 3 heteroatoms. The van der Waals surface area contributed by atoms with Crippen LogP contribution in [0.2, 0.25) is 0 Å². The summed E-state index contributed by atoms with van der Waals surface area (Å²) in [7, 11) is 0. The molecule has 1 unspecified atom stereocenters. The van der Waals surface area contributed by atoms with Crippen molar-refractivity contribution in [2.45, 2.75) is 45.3 Å². The molecule has 0 bridgehead atoms. The largest absolute Gasteiger partial charge is 0.458 e. The standard InChI is InChI=1S/C16H21NO2/c1-10(2)17-9-14(18)15-8-12-7-6-11-4-3-5-13(11)16(12)19-15/h6-8,10,14,17-18H,3-5,9H2,1-2H3. The zero-order chi connectivity index (χ0) is 13.4. The second-order valence-electron chi connectivity index (χ2n) is 5.70. The lowest BCUT2D eigenvalue weighted by Crippen LogP contribution is -2.27. The SMILES string of the molecule is CC(C)NCC(O)c1cc2ccc3c(c2o1)CCC3. The second kappa shape index (κ2) is 4.99. The summed E-state index contributed by atoms with van der Waals surface area (Å²) in [6.07, 6.45) is 2.88. The molecule has 0 amide bonds. The summed E-state index contributed by atoms with van der Waals surface area (Å²) in [5, 5.41) is 14.5. The topological polar surface area (TPSA) is 45.4 Å². The van der Waals surface area contributed by atoms with Crippen molar-refractivity contribution in [1.29, 1.82) is 0 Å². The van der Waals surface area contributed by atoms with E-state index < -0.39 is 6.10 Å². The van der Waals surface area contributed by atoms with Crippen LogP contribution in [0.15, 0.2) is 22.6 Å². The Morgan fingerprint density at radius 1 is 1.32 bits per heavy atom. The second-order valence-corrected chi connectivity index (χ2v) is 5.70. The first-order valence-electron chi connectivity index (χ1n) is 7.11. The fraction of sp³-hybridized carbons (Fsp3) is 0.500. The van der Waals surface area contributed by atoms with Gasteiger partial charge >= 0.3 is 0 Å². The summed E-state index contributed by atoms with van der Waals surface area (Å²) >= 11 is 0. The number of aliphatic hydroxyl groups is 1. The van der Waals surface area contributed by atoms with E-state index in [0.717, 1.165) is 23.8 Å². The number of aryl methyl sites for hydroxylation is 2. The molecule has 19 heavy (non-hydrogen) atoms. The molecule has 1 aliphatic rings. The molecule has 2 aromatic rings. The first kappa shape index (κ1) is 12.7. The highest BCUT2D eigenvalue weighted by atomic mass is 16.4. The van der Waals surface area contributed by atoms with Crippen molar-refractivity contribution in [3.05, 3.63) is 35.1 Å². The van der Waals surface area contributed by atoms with Crippen LogP contribution >= 0.6 is 0 Å². The molecule has 102 valence electrons. The Balaban J connectivity index is 1.89. The fourth-order valence-electron chi connectivity index (χ4n) is 2.80. The molecule has 3 rings (SSSR count). The number of benzene rings is 1. The predicted molar refractivity (Wildman–Crippen MR) is 76.3 cm³/mol. The van der Waals surface area contributed by atoms with Crippen molar-refractivity contribution in [2.75, 3.05) is 6.54 Å². The number of furan rings is 1. The van der Waals surface area contributed by atoms with Gasteiger partial charge in [-0.2, -0.15) is 0 Å². The molecule has 3 nitrogen and oxygen atoms in total. The lowest BCUT2D eigenvalue weighted by molar-refractivity contribution is 0.147. The Bertz CT molecular complexity index is 586. The number of nitrogens with one attached hydrogen (secondary N) is 1. The Hall–Kier alpha value is -1.32. The van der Waals surface area contributed by atoms with Crippen LogP contribution in [0.25, 0.3) is 11.0 Å². The van der Waals surface area contributed by atoms with Crippen LogP contribution in [0.5, 0.6) is 0 Å². The third-order valence-corrected chi connectivity index (χ3v) is 3.83. The van der Waals surface area contributed by atoms with Crippen LogP contribution < -0.4 is 5.32 Å². The van der Waals surface area contributed by atoms with Gasteiger partial charge in [-0.3, -0.25) is 0 Å². The zero-order valence-corrected chi connectivity index (χ0v) is 11.6. The minimum Gasteiger partial charge on any atom is -0.458 e. The van der Waals surface area contributed by atoms with Gasteiger partial charge in [0.1, 0.15) is 17.4 Å². The lowest BCUT2D eigenvalue weighted by Gasteiger charge is -2.11.